The average Bonchev–Trinajstić information content (AvgIpc) is 2.36. The molecule has 6 heteroatoms. The van der Waals surface area contributed by atoms with Crippen LogP contribution in [0, 0.1) is 11.3 Å². The number of unbranched alkanes of at least 4 members (excludes halogenated alkanes) is 1. The first-order valence-electron chi connectivity index (χ1n) is 5.64. The summed E-state index contributed by atoms with van der Waals surface area (Å²) in [4.78, 5) is 15.0. The van der Waals surface area contributed by atoms with Gasteiger partial charge in [0.25, 0.3) is 0 Å². The number of aliphatic carboxylic acids is 1. The van der Waals surface area contributed by atoms with Crippen LogP contribution in [0.3, 0.4) is 0 Å². The molecule has 1 aromatic rings. The summed E-state index contributed by atoms with van der Waals surface area (Å²) >= 11 is 5.75. The Morgan fingerprint density at radius 1 is 1.67 bits per heavy atom. The normalized spacial score (nSPS) is 11.6. The van der Waals surface area contributed by atoms with Gasteiger partial charge in [0, 0.05) is 0 Å². The molecular formula is C12H14ClN3O2. The van der Waals surface area contributed by atoms with Crippen molar-refractivity contribution in [3.05, 3.63) is 22.8 Å². The molecule has 0 aromatic carbocycles. The van der Waals surface area contributed by atoms with Gasteiger partial charge in [0.05, 0.1) is 5.02 Å². The second-order valence-corrected chi connectivity index (χ2v) is 4.22. The Bertz CT molecular complexity index is 471. The molecule has 1 unspecified atom stereocenters. The van der Waals surface area contributed by atoms with Crippen LogP contribution in [-0.4, -0.2) is 22.1 Å². The first-order valence-corrected chi connectivity index (χ1v) is 6.02. The van der Waals surface area contributed by atoms with Gasteiger partial charge in [-0.3, -0.25) is 0 Å². The minimum Gasteiger partial charge on any atom is -0.480 e. The molecule has 0 spiro atoms. The summed E-state index contributed by atoms with van der Waals surface area (Å²) in [6, 6.07) is 4.23. The van der Waals surface area contributed by atoms with Crippen LogP contribution in [0.5, 0.6) is 0 Å². The number of carbonyl (C=O) groups is 1. The molecule has 0 aliphatic rings. The van der Waals surface area contributed by atoms with E-state index in [-0.39, 0.29) is 10.7 Å². The predicted octanol–water partition coefficient (Wildman–Crippen LogP) is 2.66. The van der Waals surface area contributed by atoms with E-state index in [2.05, 4.69) is 10.3 Å². The molecular weight excluding hydrogens is 254 g/mol. The summed E-state index contributed by atoms with van der Waals surface area (Å²) in [6.07, 6.45) is 2.24. The second kappa shape index (κ2) is 6.82. The SMILES string of the molecule is CCCCC(Nc1ccc(Cl)c(C#N)n1)C(=O)O. The van der Waals surface area contributed by atoms with Crippen molar-refractivity contribution in [3.8, 4) is 6.07 Å². The minimum absolute atomic E-state index is 0.0845. The smallest absolute Gasteiger partial charge is 0.326 e. The van der Waals surface area contributed by atoms with Crippen molar-refractivity contribution >= 4 is 23.4 Å². The summed E-state index contributed by atoms with van der Waals surface area (Å²) in [5, 5.41) is 20.9. The number of halogens is 1. The molecule has 0 radical (unpaired) electrons. The number of nitrogens with one attached hydrogen (secondary N) is 1. The lowest BCUT2D eigenvalue weighted by Gasteiger charge is -2.14. The van der Waals surface area contributed by atoms with Gasteiger partial charge in [0.1, 0.15) is 17.9 Å². The Morgan fingerprint density at radius 2 is 2.39 bits per heavy atom. The van der Waals surface area contributed by atoms with E-state index in [1.165, 1.54) is 6.07 Å². The van der Waals surface area contributed by atoms with E-state index in [1.807, 2.05) is 13.0 Å². The predicted molar refractivity (Wildman–Crippen MR) is 68.5 cm³/mol. The Labute approximate surface area is 110 Å². The van der Waals surface area contributed by atoms with Gasteiger partial charge in [-0.2, -0.15) is 5.26 Å². The van der Waals surface area contributed by atoms with E-state index in [4.69, 9.17) is 22.0 Å². The first kappa shape index (κ1) is 14.3. The van der Waals surface area contributed by atoms with Gasteiger partial charge in [-0.25, -0.2) is 9.78 Å². The molecule has 2 N–H and O–H groups in total. The fraction of sp³-hybridized carbons (Fsp3) is 0.417. The molecule has 1 aromatic heterocycles. The lowest BCUT2D eigenvalue weighted by molar-refractivity contribution is -0.138. The fourth-order valence-corrected chi connectivity index (χ4v) is 1.59. The second-order valence-electron chi connectivity index (χ2n) is 3.82. The van der Waals surface area contributed by atoms with Crippen LogP contribution in [0.15, 0.2) is 12.1 Å². The van der Waals surface area contributed by atoms with Gasteiger partial charge in [-0.05, 0) is 18.6 Å². The summed E-state index contributed by atoms with van der Waals surface area (Å²) < 4.78 is 0. The highest BCUT2D eigenvalue weighted by molar-refractivity contribution is 6.31. The zero-order chi connectivity index (χ0) is 13.5. The van der Waals surface area contributed by atoms with Crippen LogP contribution in [0.4, 0.5) is 5.82 Å². The number of aromatic nitrogens is 1. The topological polar surface area (TPSA) is 86.0 Å². The van der Waals surface area contributed by atoms with E-state index >= 15 is 0 Å². The maximum Gasteiger partial charge on any atom is 0.326 e. The van der Waals surface area contributed by atoms with Crippen LogP contribution in [-0.2, 0) is 4.79 Å². The Hall–Kier alpha value is -1.80. The van der Waals surface area contributed by atoms with Gasteiger partial charge in [-0.15, -0.1) is 0 Å². The Morgan fingerprint density at radius 3 is 2.94 bits per heavy atom. The van der Waals surface area contributed by atoms with Gasteiger partial charge >= 0.3 is 5.97 Å². The third-order valence-electron chi connectivity index (χ3n) is 2.42. The highest BCUT2D eigenvalue weighted by Crippen LogP contribution is 2.17. The molecule has 1 rings (SSSR count). The number of pyridine rings is 1. The summed E-state index contributed by atoms with van der Waals surface area (Å²) in [5.41, 5.74) is 0.0845. The van der Waals surface area contributed by atoms with Crippen molar-refractivity contribution in [3.63, 3.8) is 0 Å². The highest BCUT2D eigenvalue weighted by atomic mass is 35.5. The molecule has 1 heterocycles. The summed E-state index contributed by atoms with van der Waals surface area (Å²) in [5.74, 6) is -0.585. The van der Waals surface area contributed by atoms with Crippen LogP contribution < -0.4 is 5.32 Å². The summed E-state index contributed by atoms with van der Waals surface area (Å²) in [7, 11) is 0. The quantitative estimate of drug-likeness (QED) is 0.827. The van der Waals surface area contributed by atoms with Crippen molar-refractivity contribution in [2.45, 2.75) is 32.2 Å². The molecule has 18 heavy (non-hydrogen) atoms. The molecule has 5 nitrogen and oxygen atoms in total. The van der Waals surface area contributed by atoms with Gasteiger partial charge in [-0.1, -0.05) is 31.4 Å². The monoisotopic (exact) mass is 267 g/mol. The maximum atomic E-state index is 11.0. The number of anilines is 1. The van der Waals surface area contributed by atoms with E-state index in [0.717, 1.165) is 12.8 Å². The molecule has 0 aliphatic carbocycles. The highest BCUT2D eigenvalue weighted by Gasteiger charge is 2.17. The third kappa shape index (κ3) is 3.90. The third-order valence-corrected chi connectivity index (χ3v) is 2.72. The van der Waals surface area contributed by atoms with Crippen LogP contribution in [0.25, 0.3) is 0 Å². The molecule has 0 saturated heterocycles. The first-order chi connectivity index (χ1) is 8.58. The maximum absolute atomic E-state index is 11.0. The van der Waals surface area contributed by atoms with Crippen molar-refractivity contribution in [1.82, 2.24) is 4.98 Å². The average molecular weight is 268 g/mol. The summed E-state index contributed by atoms with van der Waals surface area (Å²) in [6.45, 7) is 1.99. The van der Waals surface area contributed by atoms with Crippen molar-refractivity contribution in [1.29, 1.82) is 5.26 Å². The number of nitrogens with zero attached hydrogens (tertiary/aromatic N) is 2. The number of rotatable bonds is 6. The zero-order valence-corrected chi connectivity index (χ0v) is 10.7. The van der Waals surface area contributed by atoms with Crippen molar-refractivity contribution in [2.24, 2.45) is 0 Å². The fourth-order valence-electron chi connectivity index (χ4n) is 1.45. The van der Waals surface area contributed by atoms with Crippen molar-refractivity contribution in [2.75, 3.05) is 5.32 Å². The van der Waals surface area contributed by atoms with Crippen LogP contribution in [0.2, 0.25) is 5.02 Å². The molecule has 0 saturated carbocycles. The largest absolute Gasteiger partial charge is 0.480 e. The van der Waals surface area contributed by atoms with E-state index in [1.54, 1.807) is 6.07 Å². The number of hydrogen-bond acceptors (Lipinski definition) is 4. The molecule has 96 valence electrons. The zero-order valence-electron chi connectivity index (χ0n) is 9.98. The van der Waals surface area contributed by atoms with Crippen LogP contribution in [0.1, 0.15) is 31.9 Å². The standard InChI is InChI=1S/C12H14ClN3O2/c1-2-3-4-9(12(17)18)15-11-6-5-8(13)10(7-14)16-11/h5-6,9H,2-4H2,1H3,(H,15,16)(H,17,18). The molecule has 1 atom stereocenters. The van der Waals surface area contributed by atoms with Gasteiger partial charge < -0.3 is 10.4 Å². The minimum atomic E-state index is -0.932. The lowest BCUT2D eigenvalue weighted by Crippen LogP contribution is -2.29. The molecule has 0 amide bonds. The molecule has 0 fully saturated rings. The molecule has 0 bridgehead atoms. The van der Waals surface area contributed by atoms with Crippen LogP contribution >= 0.6 is 11.6 Å². The van der Waals surface area contributed by atoms with E-state index in [9.17, 15) is 4.79 Å². The Kier molecular flexibility index (Phi) is 5.40. The number of carboxylic acids is 1. The van der Waals surface area contributed by atoms with E-state index in [0.29, 0.717) is 12.2 Å². The number of hydrogen-bond donors (Lipinski definition) is 2. The Balaban J connectivity index is 2.81. The lowest BCUT2D eigenvalue weighted by atomic mass is 10.1. The number of carboxylic acid groups (broad SMARTS) is 1. The number of nitriles is 1. The van der Waals surface area contributed by atoms with Crippen molar-refractivity contribution < 1.29 is 9.90 Å². The van der Waals surface area contributed by atoms with Gasteiger partial charge in [0.15, 0.2) is 5.69 Å². The van der Waals surface area contributed by atoms with Gasteiger partial charge in [0.2, 0.25) is 0 Å². The molecule has 0 aliphatic heterocycles. The van der Waals surface area contributed by atoms with E-state index < -0.39 is 12.0 Å².